The smallest absolute Gasteiger partial charge is 0.345 e. The lowest BCUT2D eigenvalue weighted by molar-refractivity contribution is -0.168. The molecule has 0 aliphatic carbocycles. The molecular weight excluding hydrogens is 360 g/mol. The zero-order valence-electron chi connectivity index (χ0n) is 13.5. The van der Waals surface area contributed by atoms with Crippen molar-refractivity contribution in [2.24, 2.45) is 0 Å². The van der Waals surface area contributed by atoms with Crippen LogP contribution in [0.4, 0.5) is 0 Å². The van der Waals surface area contributed by atoms with Crippen molar-refractivity contribution in [1.29, 1.82) is 0 Å². The number of hydrogen-bond donors (Lipinski definition) is 4. The van der Waals surface area contributed by atoms with Crippen molar-refractivity contribution >= 4 is 35.8 Å². The van der Waals surface area contributed by atoms with Gasteiger partial charge in [0.15, 0.2) is 0 Å². The van der Waals surface area contributed by atoms with Crippen molar-refractivity contribution in [3.05, 3.63) is 0 Å². The first-order chi connectivity index (χ1) is 12.0. The molecule has 0 saturated carbocycles. The molecule has 2 atom stereocenters. The highest BCUT2D eigenvalue weighted by atomic mass is 16.6. The number of carbonyl (C=O) groups is 6. The molecule has 12 heteroatoms. The maximum atomic E-state index is 11.4. The topological polar surface area (TPSA) is 202 Å². The molecule has 4 N–H and O–H groups in total. The largest absolute Gasteiger partial charge is 0.481 e. The second-order valence-corrected chi connectivity index (χ2v) is 5.04. The molecule has 0 rings (SSSR count). The summed E-state index contributed by atoms with van der Waals surface area (Å²) in [6.45, 7) is 0. The Kier molecular flexibility index (Phi) is 9.99. The van der Waals surface area contributed by atoms with E-state index in [-0.39, 0.29) is 25.7 Å². The van der Waals surface area contributed by atoms with Gasteiger partial charge in [-0.25, -0.2) is 9.59 Å². The predicted octanol–water partition coefficient (Wildman–Crippen LogP) is -0.511. The fourth-order valence-electron chi connectivity index (χ4n) is 1.65. The Hall–Kier alpha value is -3.18. The van der Waals surface area contributed by atoms with E-state index >= 15 is 0 Å². The van der Waals surface area contributed by atoms with E-state index in [1.54, 1.807) is 0 Å². The first-order valence-corrected chi connectivity index (χ1v) is 7.31. The Bertz CT molecular complexity index is 516. The summed E-state index contributed by atoms with van der Waals surface area (Å²) in [6.07, 6.45) is -5.91. The number of ether oxygens (including phenoxy) is 2. The van der Waals surface area contributed by atoms with Gasteiger partial charge < -0.3 is 29.9 Å². The van der Waals surface area contributed by atoms with Crippen LogP contribution in [0.25, 0.3) is 0 Å². The van der Waals surface area contributed by atoms with Crippen LogP contribution in [0.3, 0.4) is 0 Å². The molecule has 2 unspecified atom stereocenters. The van der Waals surface area contributed by atoms with Gasteiger partial charge in [0.1, 0.15) is 0 Å². The number of carbonyl (C=O) groups excluding carboxylic acids is 2. The van der Waals surface area contributed by atoms with E-state index in [1.165, 1.54) is 0 Å². The highest BCUT2D eigenvalue weighted by molar-refractivity contribution is 5.83. The molecule has 26 heavy (non-hydrogen) atoms. The molecule has 0 aromatic rings. The first-order valence-electron chi connectivity index (χ1n) is 7.31. The molecule has 0 heterocycles. The van der Waals surface area contributed by atoms with Gasteiger partial charge in [-0.1, -0.05) is 0 Å². The summed E-state index contributed by atoms with van der Waals surface area (Å²) in [5.41, 5.74) is 0. The minimum Gasteiger partial charge on any atom is -0.481 e. The molecule has 0 radical (unpaired) electrons. The monoisotopic (exact) mass is 378 g/mol. The maximum absolute atomic E-state index is 11.4. The number of unbranched alkanes of at least 4 members (excludes halogenated alkanes) is 1. The Balaban J connectivity index is 4.20. The summed E-state index contributed by atoms with van der Waals surface area (Å²) in [6, 6.07) is 0. The van der Waals surface area contributed by atoms with E-state index in [2.05, 4.69) is 9.47 Å². The number of hydrogen-bond acceptors (Lipinski definition) is 8. The third-order valence-corrected chi connectivity index (χ3v) is 2.83. The molecule has 0 spiro atoms. The van der Waals surface area contributed by atoms with Crippen LogP contribution in [0, 0.1) is 0 Å². The quantitative estimate of drug-likeness (QED) is 0.236. The van der Waals surface area contributed by atoms with Crippen molar-refractivity contribution in [3.8, 4) is 0 Å². The second kappa shape index (κ2) is 11.4. The molecule has 0 aromatic heterocycles. The maximum Gasteiger partial charge on any atom is 0.345 e. The minimum atomic E-state index is -1.82. The lowest BCUT2D eigenvalue weighted by Crippen LogP contribution is -2.30. The van der Waals surface area contributed by atoms with Gasteiger partial charge in [0.25, 0.3) is 0 Å². The van der Waals surface area contributed by atoms with Crippen LogP contribution in [-0.2, 0) is 38.2 Å². The third-order valence-electron chi connectivity index (χ3n) is 2.83. The van der Waals surface area contributed by atoms with E-state index in [0.717, 1.165) is 0 Å². The number of carboxylic acid groups (broad SMARTS) is 4. The van der Waals surface area contributed by atoms with Crippen molar-refractivity contribution in [2.45, 2.75) is 50.7 Å². The number of aliphatic carboxylic acids is 4. The molecule has 0 saturated heterocycles. The van der Waals surface area contributed by atoms with Crippen LogP contribution in [0.15, 0.2) is 0 Å². The summed E-state index contributed by atoms with van der Waals surface area (Å²) in [4.78, 5) is 65.2. The van der Waals surface area contributed by atoms with Gasteiger partial charge in [0, 0.05) is 12.8 Å². The lowest BCUT2D eigenvalue weighted by Gasteiger charge is -2.12. The summed E-state index contributed by atoms with van der Waals surface area (Å²) in [7, 11) is 0. The van der Waals surface area contributed by atoms with Crippen LogP contribution in [0.2, 0.25) is 0 Å². The Morgan fingerprint density at radius 3 is 1.15 bits per heavy atom. The van der Waals surface area contributed by atoms with Crippen LogP contribution in [0.5, 0.6) is 0 Å². The molecule has 146 valence electrons. The summed E-state index contributed by atoms with van der Waals surface area (Å²) in [5, 5.41) is 34.4. The fraction of sp³-hybridized carbons (Fsp3) is 0.571. The van der Waals surface area contributed by atoms with Crippen LogP contribution >= 0.6 is 0 Å². The van der Waals surface area contributed by atoms with Crippen molar-refractivity contribution < 1.29 is 58.7 Å². The molecular formula is C14H18O12. The summed E-state index contributed by atoms with van der Waals surface area (Å²) >= 11 is 0. The molecule has 0 bridgehead atoms. The first kappa shape index (κ1) is 22.8. The zero-order chi connectivity index (χ0) is 20.3. The number of esters is 2. The lowest BCUT2D eigenvalue weighted by atomic mass is 10.2. The Morgan fingerprint density at radius 1 is 0.615 bits per heavy atom. The van der Waals surface area contributed by atoms with E-state index in [1.807, 2.05) is 0 Å². The summed E-state index contributed by atoms with van der Waals surface area (Å²) < 4.78 is 8.98. The highest BCUT2D eigenvalue weighted by Gasteiger charge is 2.26. The number of rotatable bonds is 13. The standard InChI is InChI=1S/C14H18O12/c15-9(16)5-7(13(21)22)25-11(19)3-1-2-4-12(20)26-8(14(23)24)6-10(17)18/h7-8H,1-6H2,(H,15,16)(H,17,18)(H,21,22)(H,23,24). The van der Waals surface area contributed by atoms with Crippen molar-refractivity contribution in [3.63, 3.8) is 0 Å². The Morgan fingerprint density at radius 2 is 0.923 bits per heavy atom. The van der Waals surface area contributed by atoms with E-state index < -0.39 is 60.9 Å². The van der Waals surface area contributed by atoms with Gasteiger partial charge in [-0.15, -0.1) is 0 Å². The molecule has 0 fully saturated rings. The second-order valence-electron chi connectivity index (χ2n) is 5.04. The average molecular weight is 378 g/mol. The molecule has 12 nitrogen and oxygen atoms in total. The van der Waals surface area contributed by atoms with E-state index in [4.69, 9.17) is 20.4 Å². The van der Waals surface area contributed by atoms with Crippen LogP contribution in [-0.4, -0.2) is 68.4 Å². The van der Waals surface area contributed by atoms with Gasteiger partial charge in [-0.3, -0.25) is 19.2 Å². The average Bonchev–Trinajstić information content (AvgIpc) is 2.49. The zero-order valence-corrected chi connectivity index (χ0v) is 13.5. The van der Waals surface area contributed by atoms with Crippen LogP contribution in [0.1, 0.15) is 38.5 Å². The van der Waals surface area contributed by atoms with Gasteiger partial charge in [-0.05, 0) is 12.8 Å². The highest BCUT2D eigenvalue weighted by Crippen LogP contribution is 2.08. The van der Waals surface area contributed by atoms with Gasteiger partial charge >= 0.3 is 35.8 Å². The summed E-state index contributed by atoms with van der Waals surface area (Å²) in [5.74, 6) is -8.07. The minimum absolute atomic E-state index is 0.0595. The third kappa shape index (κ3) is 10.6. The number of carboxylic acids is 4. The van der Waals surface area contributed by atoms with Crippen molar-refractivity contribution in [1.82, 2.24) is 0 Å². The van der Waals surface area contributed by atoms with E-state index in [9.17, 15) is 28.8 Å². The molecule has 0 aliphatic rings. The molecule has 0 amide bonds. The van der Waals surface area contributed by atoms with Gasteiger partial charge in [0.2, 0.25) is 12.2 Å². The van der Waals surface area contributed by atoms with Gasteiger partial charge in [-0.2, -0.15) is 0 Å². The van der Waals surface area contributed by atoms with E-state index in [0.29, 0.717) is 0 Å². The molecule has 0 aromatic carbocycles. The SMILES string of the molecule is O=C(O)CC(OC(=O)CCCCC(=O)OC(CC(=O)O)C(=O)O)C(=O)O. The Labute approximate surface area is 146 Å². The van der Waals surface area contributed by atoms with Gasteiger partial charge in [0.05, 0.1) is 12.8 Å². The molecule has 0 aliphatic heterocycles. The van der Waals surface area contributed by atoms with Crippen LogP contribution < -0.4 is 0 Å². The predicted molar refractivity (Wildman–Crippen MR) is 78.0 cm³/mol. The normalized spacial score (nSPS) is 12.5. The van der Waals surface area contributed by atoms with Crippen molar-refractivity contribution in [2.75, 3.05) is 0 Å². The fourth-order valence-corrected chi connectivity index (χ4v) is 1.65.